The van der Waals surface area contributed by atoms with E-state index in [-0.39, 0.29) is 29.7 Å². The molecule has 10 heteroatoms. The molecule has 2 amide bonds. The third-order valence-electron chi connectivity index (χ3n) is 7.29. The Balaban J connectivity index is 1.80. The summed E-state index contributed by atoms with van der Waals surface area (Å²) in [5.74, 6) is -1.24. The Bertz CT molecular complexity index is 1700. The monoisotopic (exact) mass is 649 g/mol. The van der Waals surface area contributed by atoms with E-state index >= 15 is 0 Å². The van der Waals surface area contributed by atoms with Crippen molar-refractivity contribution < 1.29 is 22.4 Å². The normalized spacial score (nSPS) is 12.0. The zero-order valence-corrected chi connectivity index (χ0v) is 27.1. The minimum absolute atomic E-state index is 0.0384. The van der Waals surface area contributed by atoms with Crippen molar-refractivity contribution in [1.29, 1.82) is 0 Å². The Morgan fingerprint density at radius 1 is 0.844 bits per heavy atom. The van der Waals surface area contributed by atoms with Crippen LogP contribution in [0.15, 0.2) is 108 Å². The zero-order chi connectivity index (χ0) is 32.6. The molecule has 0 spiro atoms. The van der Waals surface area contributed by atoms with Crippen LogP contribution < -0.4 is 9.62 Å². The first-order chi connectivity index (χ1) is 21.5. The van der Waals surface area contributed by atoms with Crippen molar-refractivity contribution in [3.8, 4) is 0 Å². The van der Waals surface area contributed by atoms with Crippen LogP contribution in [-0.4, -0.2) is 44.3 Å². The summed E-state index contributed by atoms with van der Waals surface area (Å²) in [4.78, 5) is 29.6. The van der Waals surface area contributed by atoms with Crippen molar-refractivity contribution in [3.63, 3.8) is 0 Å². The van der Waals surface area contributed by atoms with E-state index in [2.05, 4.69) is 5.32 Å². The maximum Gasteiger partial charge on any atom is 0.264 e. The summed E-state index contributed by atoms with van der Waals surface area (Å²) in [7, 11) is -4.25. The summed E-state index contributed by atoms with van der Waals surface area (Å²) in [5.41, 5.74) is 2.38. The summed E-state index contributed by atoms with van der Waals surface area (Å²) in [6.07, 6.45) is 0.187. The Morgan fingerprint density at radius 2 is 1.47 bits per heavy atom. The highest BCUT2D eigenvalue weighted by Crippen LogP contribution is 2.28. The number of carbonyl (C=O) groups excluding carboxylic acids is 2. The van der Waals surface area contributed by atoms with Crippen molar-refractivity contribution in [1.82, 2.24) is 10.2 Å². The Kier molecular flexibility index (Phi) is 11.4. The van der Waals surface area contributed by atoms with Gasteiger partial charge in [0.2, 0.25) is 11.8 Å². The molecule has 0 saturated carbocycles. The molecule has 4 aromatic carbocycles. The molecule has 0 heterocycles. The first-order valence-electron chi connectivity index (χ1n) is 14.6. The van der Waals surface area contributed by atoms with Gasteiger partial charge in [-0.05, 0) is 72.0 Å². The summed E-state index contributed by atoms with van der Waals surface area (Å²) in [5, 5.41) is 3.32. The largest absolute Gasteiger partial charge is 0.354 e. The van der Waals surface area contributed by atoms with E-state index in [1.54, 1.807) is 43.3 Å². The number of anilines is 1. The molecule has 4 rings (SSSR count). The van der Waals surface area contributed by atoms with Crippen LogP contribution in [0, 0.1) is 18.7 Å². The van der Waals surface area contributed by atoms with E-state index in [9.17, 15) is 22.4 Å². The van der Waals surface area contributed by atoms with Crippen molar-refractivity contribution >= 4 is 39.1 Å². The van der Waals surface area contributed by atoms with Gasteiger partial charge in [0.1, 0.15) is 18.4 Å². The van der Waals surface area contributed by atoms with Crippen LogP contribution in [0.2, 0.25) is 5.02 Å². The van der Waals surface area contributed by atoms with Crippen LogP contribution in [0.5, 0.6) is 0 Å². The van der Waals surface area contributed by atoms with Gasteiger partial charge in [0.15, 0.2) is 0 Å². The van der Waals surface area contributed by atoms with Gasteiger partial charge in [0.05, 0.1) is 10.6 Å². The quantitative estimate of drug-likeness (QED) is 0.182. The second-order valence-electron chi connectivity index (χ2n) is 11.2. The molecular weight excluding hydrogens is 613 g/mol. The lowest BCUT2D eigenvalue weighted by atomic mass is 10.0. The fraction of sp³-hybridized carbons (Fsp3) is 0.257. The van der Waals surface area contributed by atoms with Gasteiger partial charge in [-0.1, -0.05) is 86.1 Å². The molecule has 1 N–H and O–H groups in total. The molecule has 0 unspecified atom stereocenters. The van der Waals surface area contributed by atoms with Crippen LogP contribution in [-0.2, 0) is 32.6 Å². The smallest absolute Gasteiger partial charge is 0.264 e. The molecule has 0 aliphatic carbocycles. The number of sulfonamides is 1. The van der Waals surface area contributed by atoms with Crippen LogP contribution in [0.3, 0.4) is 0 Å². The highest BCUT2D eigenvalue weighted by Gasteiger charge is 2.35. The molecule has 1 atom stereocenters. The Labute approximate surface area is 269 Å². The lowest BCUT2D eigenvalue weighted by Gasteiger charge is -2.34. The number of hydrogen-bond donors (Lipinski definition) is 1. The Hall–Kier alpha value is -4.21. The number of carbonyl (C=O) groups is 2. The molecule has 236 valence electrons. The highest BCUT2D eigenvalue weighted by atomic mass is 35.5. The fourth-order valence-electron chi connectivity index (χ4n) is 4.85. The summed E-state index contributed by atoms with van der Waals surface area (Å²) < 4.78 is 43.1. The van der Waals surface area contributed by atoms with E-state index in [1.807, 2.05) is 44.2 Å². The maximum absolute atomic E-state index is 14.5. The minimum Gasteiger partial charge on any atom is -0.354 e. The van der Waals surface area contributed by atoms with Gasteiger partial charge in [-0.15, -0.1) is 0 Å². The number of nitrogens with zero attached hydrogens (tertiary/aromatic N) is 2. The molecular formula is C35H37ClFN3O4S. The predicted molar refractivity (Wildman–Crippen MR) is 176 cm³/mol. The van der Waals surface area contributed by atoms with E-state index < -0.39 is 34.3 Å². The number of para-hydroxylation sites is 1. The molecule has 0 radical (unpaired) electrons. The number of rotatable bonds is 13. The second kappa shape index (κ2) is 15.2. The first kappa shape index (κ1) is 33.7. The van der Waals surface area contributed by atoms with E-state index in [1.165, 1.54) is 41.3 Å². The first-order valence-corrected chi connectivity index (χ1v) is 16.5. The summed E-state index contributed by atoms with van der Waals surface area (Å²) >= 11 is 6.04. The highest BCUT2D eigenvalue weighted by molar-refractivity contribution is 7.92. The van der Waals surface area contributed by atoms with E-state index in [0.717, 1.165) is 9.87 Å². The molecule has 0 aliphatic heterocycles. The van der Waals surface area contributed by atoms with Gasteiger partial charge in [0, 0.05) is 24.5 Å². The van der Waals surface area contributed by atoms with Gasteiger partial charge < -0.3 is 10.2 Å². The predicted octanol–water partition coefficient (Wildman–Crippen LogP) is 6.40. The van der Waals surface area contributed by atoms with E-state index in [0.29, 0.717) is 28.4 Å². The molecule has 45 heavy (non-hydrogen) atoms. The third-order valence-corrected chi connectivity index (χ3v) is 9.31. The number of hydrogen-bond acceptors (Lipinski definition) is 4. The topological polar surface area (TPSA) is 86.8 Å². The van der Waals surface area contributed by atoms with Crippen molar-refractivity contribution in [2.24, 2.45) is 5.92 Å². The standard InChI is InChI=1S/C35H37ClFN3O4S/c1-25(2)22-38-35(42)33(21-27-10-5-4-6-11-27)39(23-28-13-17-30(37)18-14-28)34(41)24-40(32-12-8-7-9-26(32)3)45(43,44)31-19-15-29(36)16-20-31/h4-20,25,33H,21-24H2,1-3H3,(H,38,42)/t33-/m1/s1. The molecule has 0 aliphatic rings. The number of benzene rings is 4. The lowest BCUT2D eigenvalue weighted by molar-refractivity contribution is -0.140. The fourth-order valence-corrected chi connectivity index (χ4v) is 6.46. The average Bonchev–Trinajstić information content (AvgIpc) is 3.02. The third kappa shape index (κ3) is 8.93. The summed E-state index contributed by atoms with van der Waals surface area (Å²) in [6, 6.07) is 26.6. The average molecular weight is 650 g/mol. The van der Waals surface area contributed by atoms with Gasteiger partial charge >= 0.3 is 0 Å². The van der Waals surface area contributed by atoms with Crippen molar-refractivity contribution in [2.75, 3.05) is 17.4 Å². The van der Waals surface area contributed by atoms with Gasteiger partial charge in [-0.25, -0.2) is 12.8 Å². The number of nitrogens with one attached hydrogen (secondary N) is 1. The molecule has 0 saturated heterocycles. The van der Waals surface area contributed by atoms with Crippen LogP contribution in [0.25, 0.3) is 0 Å². The molecule has 0 bridgehead atoms. The minimum atomic E-state index is -4.25. The zero-order valence-electron chi connectivity index (χ0n) is 25.5. The van der Waals surface area contributed by atoms with Crippen LogP contribution >= 0.6 is 11.6 Å². The Morgan fingerprint density at radius 3 is 2.09 bits per heavy atom. The molecule has 4 aromatic rings. The van der Waals surface area contributed by atoms with Gasteiger partial charge in [0.25, 0.3) is 10.0 Å². The second-order valence-corrected chi connectivity index (χ2v) is 13.5. The lowest BCUT2D eigenvalue weighted by Crippen LogP contribution is -2.53. The van der Waals surface area contributed by atoms with Crippen LogP contribution in [0.4, 0.5) is 10.1 Å². The summed E-state index contributed by atoms with van der Waals surface area (Å²) in [6.45, 7) is 5.46. The number of amides is 2. The van der Waals surface area contributed by atoms with Crippen molar-refractivity contribution in [2.45, 2.75) is 44.7 Å². The van der Waals surface area contributed by atoms with Crippen LogP contribution in [0.1, 0.15) is 30.5 Å². The van der Waals surface area contributed by atoms with Crippen molar-refractivity contribution in [3.05, 3.63) is 131 Å². The molecule has 0 fully saturated rings. The molecule has 7 nitrogen and oxygen atoms in total. The molecule has 0 aromatic heterocycles. The van der Waals surface area contributed by atoms with Gasteiger partial charge in [-0.3, -0.25) is 13.9 Å². The van der Waals surface area contributed by atoms with Gasteiger partial charge in [-0.2, -0.15) is 0 Å². The number of halogens is 2. The van der Waals surface area contributed by atoms with E-state index in [4.69, 9.17) is 11.6 Å². The maximum atomic E-state index is 14.5. The number of aryl methyl sites for hydroxylation is 1. The SMILES string of the molecule is Cc1ccccc1N(CC(=O)N(Cc1ccc(F)cc1)[C@H](Cc1ccccc1)C(=O)NCC(C)C)S(=O)(=O)c1ccc(Cl)cc1.